The lowest BCUT2D eigenvalue weighted by Gasteiger charge is -2.34. The first-order valence-electron chi connectivity index (χ1n) is 8.75. The minimum atomic E-state index is -3.54. The van der Waals surface area contributed by atoms with Gasteiger partial charge in [-0.2, -0.15) is 0 Å². The van der Waals surface area contributed by atoms with Crippen LogP contribution < -0.4 is 19.1 Å². The molecule has 0 saturated heterocycles. The van der Waals surface area contributed by atoms with Crippen molar-refractivity contribution >= 4 is 27.3 Å². The van der Waals surface area contributed by atoms with Crippen LogP contribution in [0.2, 0.25) is 0 Å². The lowest BCUT2D eigenvalue weighted by Crippen LogP contribution is -2.49. The summed E-state index contributed by atoms with van der Waals surface area (Å²) in [5.41, 5.74) is 0.954. The molecule has 1 unspecified atom stereocenters. The van der Waals surface area contributed by atoms with Crippen LogP contribution in [0.15, 0.2) is 48.5 Å². The highest BCUT2D eigenvalue weighted by Crippen LogP contribution is 2.35. The highest BCUT2D eigenvalue weighted by Gasteiger charge is 2.36. The largest absolute Gasteiger partial charge is 0.492 e. The molecule has 144 valence electrons. The fourth-order valence-corrected chi connectivity index (χ4v) is 3.95. The van der Waals surface area contributed by atoms with Crippen LogP contribution in [0.25, 0.3) is 0 Å². The number of para-hydroxylation sites is 4. The van der Waals surface area contributed by atoms with Crippen molar-refractivity contribution in [2.45, 2.75) is 20.0 Å². The van der Waals surface area contributed by atoms with Gasteiger partial charge in [0, 0.05) is 0 Å². The van der Waals surface area contributed by atoms with E-state index in [0.717, 1.165) is 0 Å². The predicted octanol–water partition coefficient (Wildman–Crippen LogP) is 2.64. The van der Waals surface area contributed by atoms with Crippen molar-refractivity contribution in [1.82, 2.24) is 0 Å². The Morgan fingerprint density at radius 3 is 2.63 bits per heavy atom. The number of hydrogen-bond donors (Lipinski definition) is 1. The zero-order chi connectivity index (χ0) is 19.4. The van der Waals surface area contributed by atoms with Crippen LogP contribution in [0.3, 0.4) is 0 Å². The normalized spacial score (nSPS) is 16.2. The van der Waals surface area contributed by atoms with Crippen LogP contribution in [-0.2, 0) is 14.8 Å². The molecule has 0 aliphatic carbocycles. The maximum absolute atomic E-state index is 12.8. The van der Waals surface area contributed by atoms with Crippen molar-refractivity contribution in [3.8, 4) is 11.5 Å². The third-order valence-electron chi connectivity index (χ3n) is 4.17. The van der Waals surface area contributed by atoms with Crippen LogP contribution in [-0.4, -0.2) is 39.3 Å². The van der Waals surface area contributed by atoms with Crippen molar-refractivity contribution in [3.63, 3.8) is 0 Å². The summed E-state index contributed by atoms with van der Waals surface area (Å²) in [5, 5.41) is 2.78. The molecule has 0 saturated carbocycles. The minimum absolute atomic E-state index is 0.0666. The molecule has 1 N–H and O–H groups in total. The molecule has 0 fully saturated rings. The van der Waals surface area contributed by atoms with Crippen LogP contribution in [0, 0.1) is 0 Å². The number of ether oxygens (including phenoxy) is 2. The number of anilines is 2. The average Bonchev–Trinajstić information content (AvgIpc) is 2.68. The highest BCUT2D eigenvalue weighted by atomic mass is 32.2. The number of carbonyl (C=O) groups excluding carboxylic acids is 1. The molecule has 0 radical (unpaired) electrons. The van der Waals surface area contributed by atoms with Crippen molar-refractivity contribution < 1.29 is 22.7 Å². The topological polar surface area (TPSA) is 84.9 Å². The Morgan fingerprint density at radius 2 is 1.89 bits per heavy atom. The standard InChI is InChI=1S/C19H22N2O5S/c1-3-25-16-11-7-5-9-14(16)20-19(22)18-13-21(27(23,24)4-2)15-10-6-8-12-17(15)26-18/h5-12,18H,3-4,13H2,1-2H3,(H,20,22). The molecular formula is C19H22N2O5S. The Balaban J connectivity index is 1.87. The van der Waals surface area contributed by atoms with E-state index in [1.807, 2.05) is 13.0 Å². The van der Waals surface area contributed by atoms with Crippen molar-refractivity contribution in [2.24, 2.45) is 0 Å². The van der Waals surface area contributed by atoms with E-state index in [1.165, 1.54) is 4.31 Å². The van der Waals surface area contributed by atoms with Crippen LogP contribution in [0.5, 0.6) is 11.5 Å². The van der Waals surface area contributed by atoms with E-state index in [4.69, 9.17) is 9.47 Å². The monoisotopic (exact) mass is 390 g/mol. The molecule has 8 heteroatoms. The Kier molecular flexibility index (Phi) is 5.55. The molecule has 1 atom stereocenters. The molecule has 1 aliphatic rings. The molecule has 1 aliphatic heterocycles. The number of nitrogens with one attached hydrogen (secondary N) is 1. The molecule has 7 nitrogen and oxygen atoms in total. The Morgan fingerprint density at radius 1 is 1.19 bits per heavy atom. The van der Waals surface area contributed by atoms with Gasteiger partial charge in [-0.25, -0.2) is 8.42 Å². The third kappa shape index (κ3) is 4.00. The summed E-state index contributed by atoms with van der Waals surface area (Å²) in [6.07, 6.45) is -0.976. The Hall–Kier alpha value is -2.74. The quantitative estimate of drug-likeness (QED) is 0.820. The lowest BCUT2D eigenvalue weighted by molar-refractivity contribution is -0.122. The second kappa shape index (κ2) is 7.87. The van der Waals surface area contributed by atoms with Gasteiger partial charge in [-0.05, 0) is 38.1 Å². The van der Waals surface area contributed by atoms with Crippen LogP contribution in [0.4, 0.5) is 11.4 Å². The number of amides is 1. The first-order chi connectivity index (χ1) is 13.0. The zero-order valence-electron chi connectivity index (χ0n) is 15.2. The van der Waals surface area contributed by atoms with Gasteiger partial charge in [-0.1, -0.05) is 24.3 Å². The fourth-order valence-electron chi connectivity index (χ4n) is 2.82. The van der Waals surface area contributed by atoms with Gasteiger partial charge in [-0.3, -0.25) is 9.10 Å². The molecule has 27 heavy (non-hydrogen) atoms. The minimum Gasteiger partial charge on any atom is -0.492 e. The van der Waals surface area contributed by atoms with Crippen LogP contribution >= 0.6 is 0 Å². The molecule has 1 amide bonds. The van der Waals surface area contributed by atoms with Gasteiger partial charge in [0.15, 0.2) is 6.10 Å². The maximum Gasteiger partial charge on any atom is 0.267 e. The van der Waals surface area contributed by atoms with Crippen molar-refractivity contribution in [2.75, 3.05) is 28.5 Å². The van der Waals surface area contributed by atoms with E-state index < -0.39 is 22.0 Å². The molecule has 0 bridgehead atoms. The summed E-state index contributed by atoms with van der Waals surface area (Å²) >= 11 is 0. The molecule has 2 aromatic carbocycles. The van der Waals surface area contributed by atoms with Gasteiger partial charge >= 0.3 is 0 Å². The van der Waals surface area contributed by atoms with E-state index in [-0.39, 0.29) is 12.3 Å². The van der Waals surface area contributed by atoms with Gasteiger partial charge in [0.2, 0.25) is 10.0 Å². The number of nitrogens with zero attached hydrogens (tertiary/aromatic N) is 1. The van der Waals surface area contributed by atoms with Crippen molar-refractivity contribution in [3.05, 3.63) is 48.5 Å². The van der Waals surface area contributed by atoms with Crippen molar-refractivity contribution in [1.29, 1.82) is 0 Å². The summed E-state index contributed by atoms with van der Waals surface area (Å²) in [4.78, 5) is 12.8. The van der Waals surface area contributed by atoms with E-state index in [9.17, 15) is 13.2 Å². The van der Waals surface area contributed by atoms with Crippen LogP contribution in [0.1, 0.15) is 13.8 Å². The van der Waals surface area contributed by atoms with Gasteiger partial charge in [0.1, 0.15) is 11.5 Å². The third-order valence-corrected chi connectivity index (χ3v) is 5.92. The van der Waals surface area contributed by atoms with E-state index in [2.05, 4.69) is 5.32 Å². The molecule has 3 rings (SSSR count). The Labute approximate surface area is 158 Å². The van der Waals surface area contributed by atoms with Gasteiger partial charge < -0.3 is 14.8 Å². The fraction of sp³-hybridized carbons (Fsp3) is 0.316. The number of sulfonamides is 1. The SMILES string of the molecule is CCOc1ccccc1NC(=O)C1CN(S(=O)(=O)CC)c2ccccc2O1. The molecular weight excluding hydrogens is 368 g/mol. The highest BCUT2D eigenvalue weighted by molar-refractivity contribution is 7.92. The number of fused-ring (bicyclic) bond motifs is 1. The summed E-state index contributed by atoms with van der Waals surface area (Å²) < 4.78 is 37.5. The molecule has 1 heterocycles. The van der Waals surface area contributed by atoms with Gasteiger partial charge in [0.25, 0.3) is 5.91 Å². The second-order valence-corrected chi connectivity index (χ2v) is 8.11. The first kappa shape index (κ1) is 19.0. The lowest BCUT2D eigenvalue weighted by atomic mass is 10.2. The molecule has 2 aromatic rings. The maximum atomic E-state index is 12.8. The first-order valence-corrected chi connectivity index (χ1v) is 10.4. The van der Waals surface area contributed by atoms with E-state index in [0.29, 0.717) is 29.5 Å². The summed E-state index contributed by atoms with van der Waals surface area (Å²) in [7, 11) is -3.54. The van der Waals surface area contributed by atoms with E-state index in [1.54, 1.807) is 49.4 Å². The number of carbonyl (C=O) groups is 1. The summed E-state index contributed by atoms with van der Waals surface area (Å²) in [6.45, 7) is 3.80. The average molecular weight is 390 g/mol. The summed E-state index contributed by atoms with van der Waals surface area (Å²) in [5.74, 6) is 0.401. The van der Waals surface area contributed by atoms with Gasteiger partial charge in [-0.15, -0.1) is 0 Å². The van der Waals surface area contributed by atoms with Gasteiger partial charge in [0.05, 0.1) is 30.3 Å². The second-order valence-electron chi connectivity index (χ2n) is 5.92. The Bertz CT molecular complexity index is 929. The molecule has 0 spiro atoms. The number of benzene rings is 2. The summed E-state index contributed by atoms with van der Waals surface area (Å²) in [6, 6.07) is 13.9. The van der Waals surface area contributed by atoms with E-state index >= 15 is 0 Å². The number of hydrogen-bond acceptors (Lipinski definition) is 5. The molecule has 0 aromatic heterocycles. The smallest absolute Gasteiger partial charge is 0.267 e. The number of rotatable bonds is 6. The zero-order valence-corrected chi connectivity index (χ0v) is 16.0. The predicted molar refractivity (Wildman–Crippen MR) is 104 cm³/mol.